The Morgan fingerprint density at radius 2 is 1.46 bits per heavy atom. The van der Waals surface area contributed by atoms with E-state index in [0.717, 1.165) is 0 Å². The first-order chi connectivity index (χ1) is 13.5. The summed E-state index contributed by atoms with van der Waals surface area (Å²) < 4.78 is 0. The maximum Gasteiger partial charge on any atom is 0.271 e. The number of nitrogens with one attached hydrogen (secondary N) is 2. The molecule has 0 heterocycles. The summed E-state index contributed by atoms with van der Waals surface area (Å²) in [5, 5.41) is 25.2. The van der Waals surface area contributed by atoms with Gasteiger partial charge in [-0.05, 0) is 60.2 Å². The standard InChI is InChI=1S/C21H17N3O4/c25-18-11-6-14(12-19(18)26)13-22-24-21(28)16-7-9-17(10-8-16)23-20(27)15-4-2-1-3-5-15/h1-13,25-26H,(H,23,27)(H,24,28)/b22-13+. The van der Waals surface area contributed by atoms with Crippen molar-refractivity contribution >= 4 is 23.7 Å². The second-order valence-corrected chi connectivity index (χ2v) is 5.84. The van der Waals surface area contributed by atoms with Gasteiger partial charge in [-0.25, -0.2) is 5.43 Å². The van der Waals surface area contributed by atoms with Crippen LogP contribution in [0.3, 0.4) is 0 Å². The van der Waals surface area contributed by atoms with Gasteiger partial charge in [-0.2, -0.15) is 5.10 Å². The molecule has 0 saturated heterocycles. The van der Waals surface area contributed by atoms with Crippen molar-refractivity contribution in [2.24, 2.45) is 5.10 Å². The van der Waals surface area contributed by atoms with E-state index in [9.17, 15) is 19.8 Å². The lowest BCUT2D eigenvalue weighted by molar-refractivity contribution is 0.0954. The molecule has 4 N–H and O–H groups in total. The zero-order valence-corrected chi connectivity index (χ0v) is 14.7. The minimum Gasteiger partial charge on any atom is -0.504 e. The molecule has 3 aromatic rings. The number of hydrogen-bond acceptors (Lipinski definition) is 5. The summed E-state index contributed by atoms with van der Waals surface area (Å²) in [6, 6.07) is 19.4. The molecule has 28 heavy (non-hydrogen) atoms. The van der Waals surface area contributed by atoms with E-state index >= 15 is 0 Å². The Balaban J connectivity index is 1.58. The van der Waals surface area contributed by atoms with Crippen LogP contribution in [0.5, 0.6) is 11.5 Å². The lowest BCUT2D eigenvalue weighted by Gasteiger charge is -2.06. The Bertz CT molecular complexity index is 1020. The van der Waals surface area contributed by atoms with E-state index < -0.39 is 5.91 Å². The summed E-state index contributed by atoms with van der Waals surface area (Å²) >= 11 is 0. The molecule has 3 aromatic carbocycles. The number of hydrogen-bond donors (Lipinski definition) is 4. The van der Waals surface area contributed by atoms with Crippen LogP contribution in [0.4, 0.5) is 5.69 Å². The van der Waals surface area contributed by atoms with E-state index in [1.165, 1.54) is 24.4 Å². The van der Waals surface area contributed by atoms with Crippen molar-refractivity contribution < 1.29 is 19.8 Å². The van der Waals surface area contributed by atoms with Gasteiger partial charge >= 0.3 is 0 Å². The minimum atomic E-state index is -0.430. The molecule has 0 fully saturated rings. The van der Waals surface area contributed by atoms with Crippen LogP contribution >= 0.6 is 0 Å². The van der Waals surface area contributed by atoms with E-state index in [1.807, 2.05) is 6.07 Å². The Labute approximate surface area is 161 Å². The molecule has 0 atom stereocenters. The number of aromatic hydroxyl groups is 2. The number of carbonyl (C=O) groups excluding carboxylic acids is 2. The molecule has 0 aliphatic heterocycles. The average Bonchev–Trinajstić information content (AvgIpc) is 2.71. The van der Waals surface area contributed by atoms with Crippen molar-refractivity contribution in [2.75, 3.05) is 5.32 Å². The molecule has 3 rings (SSSR count). The predicted molar refractivity (Wildman–Crippen MR) is 106 cm³/mol. The third-order valence-electron chi connectivity index (χ3n) is 3.82. The number of amides is 2. The Hall–Kier alpha value is -4.13. The highest BCUT2D eigenvalue weighted by Crippen LogP contribution is 2.23. The number of phenolic OH excluding ortho intramolecular Hbond substituents is 2. The fourth-order valence-electron chi connectivity index (χ4n) is 2.35. The number of rotatable bonds is 5. The van der Waals surface area contributed by atoms with Crippen molar-refractivity contribution in [2.45, 2.75) is 0 Å². The number of anilines is 1. The second kappa shape index (κ2) is 8.50. The molecule has 2 amide bonds. The van der Waals surface area contributed by atoms with Crippen LogP contribution in [-0.2, 0) is 0 Å². The van der Waals surface area contributed by atoms with Gasteiger partial charge < -0.3 is 15.5 Å². The van der Waals surface area contributed by atoms with E-state index in [1.54, 1.807) is 48.5 Å². The first kappa shape index (κ1) is 18.7. The highest BCUT2D eigenvalue weighted by Gasteiger charge is 2.07. The molecule has 140 valence electrons. The van der Waals surface area contributed by atoms with Gasteiger partial charge in [-0.3, -0.25) is 9.59 Å². The van der Waals surface area contributed by atoms with Crippen molar-refractivity contribution in [3.63, 3.8) is 0 Å². The summed E-state index contributed by atoms with van der Waals surface area (Å²) in [6.45, 7) is 0. The molecular weight excluding hydrogens is 358 g/mol. The Morgan fingerprint density at radius 3 is 2.14 bits per heavy atom. The van der Waals surface area contributed by atoms with E-state index in [-0.39, 0.29) is 17.4 Å². The van der Waals surface area contributed by atoms with Gasteiger partial charge in [0.05, 0.1) is 6.21 Å². The molecule has 0 aliphatic rings. The monoisotopic (exact) mass is 375 g/mol. The molecule has 7 heteroatoms. The summed E-state index contributed by atoms with van der Waals surface area (Å²) in [5.41, 5.74) is 4.34. The van der Waals surface area contributed by atoms with Crippen LogP contribution in [0.25, 0.3) is 0 Å². The molecule has 0 aliphatic carbocycles. The minimum absolute atomic E-state index is 0.236. The molecule has 0 radical (unpaired) electrons. The fourth-order valence-corrected chi connectivity index (χ4v) is 2.35. The maximum absolute atomic E-state index is 12.1. The van der Waals surface area contributed by atoms with Gasteiger partial charge in [0.2, 0.25) is 0 Å². The van der Waals surface area contributed by atoms with Crippen molar-refractivity contribution in [3.8, 4) is 11.5 Å². The number of phenols is 2. The normalized spacial score (nSPS) is 10.6. The van der Waals surface area contributed by atoms with Crippen LogP contribution in [-0.4, -0.2) is 28.2 Å². The van der Waals surface area contributed by atoms with Gasteiger partial charge in [0.25, 0.3) is 11.8 Å². The Kier molecular flexibility index (Phi) is 5.66. The highest BCUT2D eigenvalue weighted by atomic mass is 16.3. The summed E-state index contributed by atoms with van der Waals surface area (Å²) in [6.07, 6.45) is 1.34. The number of benzene rings is 3. The molecule has 0 spiro atoms. The molecule has 0 unspecified atom stereocenters. The molecule has 0 aromatic heterocycles. The van der Waals surface area contributed by atoms with Crippen LogP contribution in [0.1, 0.15) is 26.3 Å². The largest absolute Gasteiger partial charge is 0.504 e. The van der Waals surface area contributed by atoms with Crippen LogP contribution < -0.4 is 10.7 Å². The van der Waals surface area contributed by atoms with Gasteiger partial charge in [-0.15, -0.1) is 0 Å². The highest BCUT2D eigenvalue weighted by molar-refractivity contribution is 6.04. The predicted octanol–water partition coefficient (Wildman–Crippen LogP) is 3.11. The van der Waals surface area contributed by atoms with Crippen LogP contribution in [0, 0.1) is 0 Å². The SMILES string of the molecule is O=C(N/N=C/c1ccc(O)c(O)c1)c1ccc(NC(=O)c2ccccc2)cc1. The van der Waals surface area contributed by atoms with Crippen molar-refractivity contribution in [3.05, 3.63) is 89.5 Å². The Morgan fingerprint density at radius 1 is 0.786 bits per heavy atom. The lowest BCUT2D eigenvalue weighted by Crippen LogP contribution is -2.17. The van der Waals surface area contributed by atoms with Crippen LogP contribution in [0.15, 0.2) is 77.9 Å². The fraction of sp³-hybridized carbons (Fsp3) is 0. The van der Waals surface area contributed by atoms with Gasteiger partial charge in [0.1, 0.15) is 0 Å². The second-order valence-electron chi connectivity index (χ2n) is 5.84. The molecule has 7 nitrogen and oxygen atoms in total. The van der Waals surface area contributed by atoms with Gasteiger partial charge in [0, 0.05) is 16.8 Å². The van der Waals surface area contributed by atoms with Gasteiger partial charge in [-0.1, -0.05) is 18.2 Å². The maximum atomic E-state index is 12.1. The number of hydrazone groups is 1. The van der Waals surface area contributed by atoms with Gasteiger partial charge in [0.15, 0.2) is 11.5 Å². The van der Waals surface area contributed by atoms with Crippen molar-refractivity contribution in [1.29, 1.82) is 0 Å². The third-order valence-corrected chi connectivity index (χ3v) is 3.82. The zero-order valence-electron chi connectivity index (χ0n) is 14.7. The van der Waals surface area contributed by atoms with Crippen LogP contribution in [0.2, 0.25) is 0 Å². The molecule has 0 saturated carbocycles. The van der Waals surface area contributed by atoms with Crippen molar-refractivity contribution in [1.82, 2.24) is 5.43 Å². The quantitative estimate of drug-likeness (QED) is 0.312. The topological polar surface area (TPSA) is 111 Å². The molecule has 0 bridgehead atoms. The van der Waals surface area contributed by atoms with E-state index in [0.29, 0.717) is 22.4 Å². The first-order valence-electron chi connectivity index (χ1n) is 8.35. The van der Waals surface area contributed by atoms with E-state index in [4.69, 9.17) is 0 Å². The summed E-state index contributed by atoms with van der Waals surface area (Å²) in [5.74, 6) is -1.18. The lowest BCUT2D eigenvalue weighted by atomic mass is 10.1. The van der Waals surface area contributed by atoms with E-state index in [2.05, 4.69) is 15.8 Å². The third kappa shape index (κ3) is 4.73. The zero-order chi connectivity index (χ0) is 19.9. The average molecular weight is 375 g/mol. The molecular formula is C21H17N3O4. The smallest absolute Gasteiger partial charge is 0.271 e. The number of carbonyl (C=O) groups is 2. The number of nitrogens with zero attached hydrogens (tertiary/aromatic N) is 1. The summed E-state index contributed by atoms with van der Waals surface area (Å²) in [4.78, 5) is 24.2. The summed E-state index contributed by atoms with van der Waals surface area (Å²) in [7, 11) is 0. The first-order valence-corrected chi connectivity index (χ1v) is 8.35.